The second-order valence-electron chi connectivity index (χ2n) is 6.59. The van der Waals surface area contributed by atoms with E-state index in [0.717, 1.165) is 15.2 Å². The molecule has 29 heavy (non-hydrogen) atoms. The van der Waals surface area contributed by atoms with Crippen molar-refractivity contribution >= 4 is 55.8 Å². The molecule has 2 amide bonds. The third-order valence-electron chi connectivity index (χ3n) is 4.88. The highest BCUT2D eigenvalue weighted by atomic mass is 32.2. The average Bonchev–Trinajstić information content (AvgIpc) is 3.46. The quantitative estimate of drug-likeness (QED) is 0.467. The molecule has 2 aromatic heterocycles. The van der Waals surface area contributed by atoms with Crippen molar-refractivity contribution in [3.63, 3.8) is 0 Å². The number of para-hydroxylation sites is 1. The van der Waals surface area contributed by atoms with Crippen LogP contribution in [-0.4, -0.2) is 38.5 Å². The van der Waals surface area contributed by atoms with Gasteiger partial charge in [0.05, 0.1) is 15.9 Å². The molecule has 0 radical (unpaired) electrons. The third-order valence-corrected chi connectivity index (χ3v) is 7.02. The molecule has 4 aromatic rings. The van der Waals surface area contributed by atoms with Crippen LogP contribution in [0.3, 0.4) is 0 Å². The van der Waals surface area contributed by atoms with Gasteiger partial charge in [-0.05, 0) is 24.3 Å². The minimum Gasteiger partial charge on any atom is -0.454 e. The molecule has 1 saturated heterocycles. The van der Waals surface area contributed by atoms with Crippen molar-refractivity contribution in [3.8, 4) is 11.5 Å². The van der Waals surface area contributed by atoms with E-state index in [2.05, 4.69) is 10.2 Å². The first-order valence-corrected chi connectivity index (χ1v) is 10.5. The van der Waals surface area contributed by atoms with Crippen molar-refractivity contribution in [1.82, 2.24) is 14.6 Å². The van der Waals surface area contributed by atoms with Gasteiger partial charge in [0.1, 0.15) is 5.25 Å². The number of thiazole rings is 1. The fraction of sp³-hybridized carbons (Fsp3) is 0.158. The van der Waals surface area contributed by atoms with E-state index >= 15 is 0 Å². The lowest BCUT2D eigenvalue weighted by Gasteiger charge is -2.15. The zero-order valence-corrected chi connectivity index (χ0v) is 16.4. The van der Waals surface area contributed by atoms with Crippen LogP contribution in [0.15, 0.2) is 47.6 Å². The topological polar surface area (TPSA) is 86.0 Å². The molecule has 4 heterocycles. The van der Waals surface area contributed by atoms with Crippen molar-refractivity contribution in [1.29, 1.82) is 0 Å². The van der Waals surface area contributed by atoms with E-state index < -0.39 is 5.25 Å². The first-order chi connectivity index (χ1) is 14.2. The lowest BCUT2D eigenvalue weighted by molar-refractivity contribution is -0.121. The highest BCUT2D eigenvalue weighted by Crippen LogP contribution is 2.39. The normalized spacial score (nSPS) is 18.5. The molecule has 1 fully saturated rings. The Balaban J connectivity index is 1.33. The van der Waals surface area contributed by atoms with Gasteiger partial charge in [-0.1, -0.05) is 35.2 Å². The van der Waals surface area contributed by atoms with E-state index in [1.807, 2.05) is 28.7 Å². The van der Waals surface area contributed by atoms with E-state index in [4.69, 9.17) is 9.47 Å². The number of imide groups is 1. The summed E-state index contributed by atoms with van der Waals surface area (Å²) in [7, 11) is 0. The Morgan fingerprint density at radius 3 is 2.86 bits per heavy atom. The Bertz CT molecular complexity index is 1310. The lowest BCUT2D eigenvalue weighted by Crippen LogP contribution is -2.31. The van der Waals surface area contributed by atoms with Crippen LogP contribution in [0.5, 0.6) is 11.5 Å². The highest BCUT2D eigenvalue weighted by molar-refractivity contribution is 8.00. The average molecular weight is 424 g/mol. The number of hydrogen-bond donors (Lipinski definition) is 0. The fourth-order valence-electron chi connectivity index (χ4n) is 3.55. The molecule has 6 rings (SSSR count). The summed E-state index contributed by atoms with van der Waals surface area (Å²) in [6.07, 6.45) is 0.106. The van der Waals surface area contributed by atoms with Gasteiger partial charge >= 0.3 is 0 Å². The molecule has 10 heteroatoms. The Kier molecular flexibility index (Phi) is 3.59. The maximum absolute atomic E-state index is 13.0. The number of aromatic nitrogens is 3. The number of fused-ring (bicyclic) bond motifs is 4. The predicted octanol–water partition coefficient (Wildman–Crippen LogP) is 3.10. The zero-order valence-electron chi connectivity index (χ0n) is 14.8. The number of amides is 2. The van der Waals surface area contributed by atoms with E-state index in [0.29, 0.717) is 22.3 Å². The molecule has 8 nitrogen and oxygen atoms in total. The van der Waals surface area contributed by atoms with Gasteiger partial charge in [0, 0.05) is 12.5 Å². The molecule has 0 aliphatic carbocycles. The van der Waals surface area contributed by atoms with Gasteiger partial charge in [-0.15, -0.1) is 10.2 Å². The van der Waals surface area contributed by atoms with Crippen LogP contribution in [0, 0.1) is 0 Å². The van der Waals surface area contributed by atoms with Crippen LogP contribution in [0.2, 0.25) is 0 Å². The van der Waals surface area contributed by atoms with Crippen LogP contribution < -0.4 is 14.4 Å². The number of hydrogen-bond acceptors (Lipinski definition) is 8. The summed E-state index contributed by atoms with van der Waals surface area (Å²) in [4.78, 5) is 27.6. The van der Waals surface area contributed by atoms with E-state index in [1.54, 1.807) is 18.2 Å². The van der Waals surface area contributed by atoms with Gasteiger partial charge in [-0.2, -0.15) is 0 Å². The molecule has 0 saturated carbocycles. The molecule has 2 aliphatic heterocycles. The first kappa shape index (κ1) is 16.8. The standard InChI is InChI=1S/C19H12N4O4S2/c24-16-8-15(17(25)22(16)10-5-6-12-13(7-10)27-9-26-12)29-19-21-20-18-23(19)11-3-1-2-4-14(11)28-18/h1-7,15H,8-9H2/t15-/m1/s1. The highest BCUT2D eigenvalue weighted by Gasteiger charge is 2.41. The number of thioether (sulfide) groups is 1. The van der Waals surface area contributed by atoms with Gasteiger partial charge in [0.2, 0.25) is 23.6 Å². The van der Waals surface area contributed by atoms with Crippen LogP contribution >= 0.6 is 23.1 Å². The minimum absolute atomic E-state index is 0.106. The molecule has 0 spiro atoms. The van der Waals surface area contributed by atoms with Gasteiger partial charge in [0.25, 0.3) is 0 Å². The van der Waals surface area contributed by atoms with Crippen LogP contribution in [0.25, 0.3) is 15.2 Å². The van der Waals surface area contributed by atoms with Crippen LogP contribution in [0.4, 0.5) is 5.69 Å². The summed E-state index contributed by atoms with van der Waals surface area (Å²) < 4.78 is 13.7. The Morgan fingerprint density at radius 1 is 1.07 bits per heavy atom. The monoisotopic (exact) mass is 424 g/mol. The smallest absolute Gasteiger partial charge is 0.247 e. The second-order valence-corrected chi connectivity index (χ2v) is 8.76. The summed E-state index contributed by atoms with van der Waals surface area (Å²) in [5, 5.41) is 8.52. The molecule has 0 N–H and O–H groups in total. The summed E-state index contributed by atoms with van der Waals surface area (Å²) in [6.45, 7) is 0.136. The third kappa shape index (κ3) is 2.52. The lowest BCUT2D eigenvalue weighted by atomic mass is 10.2. The van der Waals surface area contributed by atoms with Crippen molar-refractivity contribution in [2.75, 3.05) is 11.7 Å². The summed E-state index contributed by atoms with van der Waals surface area (Å²) in [5.74, 6) is 0.620. The SMILES string of the molecule is O=C1C[C@@H](Sc2nnc3sc4ccccc4n23)C(=O)N1c1ccc2c(c1)OCO2. The van der Waals surface area contributed by atoms with Crippen LogP contribution in [0.1, 0.15) is 6.42 Å². The largest absolute Gasteiger partial charge is 0.454 e. The predicted molar refractivity (Wildman–Crippen MR) is 108 cm³/mol. The number of rotatable bonds is 3. The second kappa shape index (κ2) is 6.19. The Hall–Kier alpha value is -3.11. The molecular formula is C19H12N4O4S2. The molecule has 0 bridgehead atoms. The maximum atomic E-state index is 13.0. The van der Waals surface area contributed by atoms with E-state index in [9.17, 15) is 9.59 Å². The Labute approximate surface area is 172 Å². The van der Waals surface area contributed by atoms with E-state index in [1.165, 1.54) is 28.0 Å². The molecule has 2 aliphatic rings. The number of carbonyl (C=O) groups excluding carboxylic acids is 2. The van der Waals surface area contributed by atoms with Gasteiger partial charge in [0.15, 0.2) is 16.7 Å². The zero-order chi connectivity index (χ0) is 19.5. The first-order valence-electron chi connectivity index (χ1n) is 8.85. The summed E-state index contributed by atoms with van der Waals surface area (Å²) in [6, 6.07) is 13.0. The minimum atomic E-state index is -0.556. The number of benzene rings is 2. The summed E-state index contributed by atoms with van der Waals surface area (Å²) >= 11 is 2.81. The van der Waals surface area contributed by atoms with Crippen molar-refractivity contribution in [2.24, 2.45) is 0 Å². The van der Waals surface area contributed by atoms with E-state index in [-0.39, 0.29) is 25.0 Å². The number of carbonyl (C=O) groups is 2. The van der Waals surface area contributed by atoms with Crippen molar-refractivity contribution in [3.05, 3.63) is 42.5 Å². The molecule has 1 atom stereocenters. The fourth-order valence-corrected chi connectivity index (χ4v) is 5.64. The molecular weight excluding hydrogens is 412 g/mol. The van der Waals surface area contributed by atoms with Crippen molar-refractivity contribution in [2.45, 2.75) is 16.8 Å². The Morgan fingerprint density at radius 2 is 1.93 bits per heavy atom. The molecule has 144 valence electrons. The maximum Gasteiger partial charge on any atom is 0.247 e. The van der Waals surface area contributed by atoms with Gasteiger partial charge < -0.3 is 9.47 Å². The number of ether oxygens (including phenoxy) is 2. The summed E-state index contributed by atoms with van der Waals surface area (Å²) in [5.41, 5.74) is 1.48. The molecule has 2 aromatic carbocycles. The number of anilines is 1. The van der Waals surface area contributed by atoms with Crippen molar-refractivity contribution < 1.29 is 19.1 Å². The van der Waals surface area contributed by atoms with Crippen LogP contribution in [-0.2, 0) is 9.59 Å². The number of nitrogens with zero attached hydrogens (tertiary/aromatic N) is 4. The molecule has 0 unspecified atom stereocenters. The van der Waals surface area contributed by atoms with Gasteiger partial charge in [-0.3, -0.25) is 14.0 Å². The van der Waals surface area contributed by atoms with Gasteiger partial charge in [-0.25, -0.2) is 4.90 Å².